The summed E-state index contributed by atoms with van der Waals surface area (Å²) in [6.45, 7) is 3.19. The number of hydrogen-bond acceptors (Lipinski definition) is 4. The van der Waals surface area contributed by atoms with Crippen molar-refractivity contribution in [1.29, 1.82) is 0 Å². The first kappa shape index (κ1) is 20.7. The summed E-state index contributed by atoms with van der Waals surface area (Å²) in [5.74, 6) is 0.360. The van der Waals surface area contributed by atoms with Gasteiger partial charge in [-0.1, -0.05) is 19.3 Å². The zero-order chi connectivity index (χ0) is 21.1. The lowest BCUT2D eigenvalue weighted by atomic mass is 9.88. The van der Waals surface area contributed by atoms with Crippen LogP contribution in [0.4, 0.5) is 11.4 Å². The first-order chi connectivity index (χ1) is 14.5. The summed E-state index contributed by atoms with van der Waals surface area (Å²) in [4.78, 5) is 41.6. The number of nitrogens with one attached hydrogen (secondary N) is 1. The Bertz CT molecular complexity index is 813. The highest BCUT2D eigenvalue weighted by molar-refractivity contribution is 6.04. The van der Waals surface area contributed by atoms with Crippen LogP contribution in [0.3, 0.4) is 0 Å². The first-order valence-corrected chi connectivity index (χ1v) is 11.2. The van der Waals surface area contributed by atoms with E-state index in [-0.39, 0.29) is 30.2 Å². The van der Waals surface area contributed by atoms with Gasteiger partial charge in [-0.2, -0.15) is 0 Å². The van der Waals surface area contributed by atoms with Crippen molar-refractivity contribution in [3.8, 4) is 5.75 Å². The van der Waals surface area contributed by atoms with Crippen molar-refractivity contribution in [3.63, 3.8) is 0 Å². The SMILES string of the molecule is CC1Oc2ccc(NC(=O)C3CCCCC3)cc2N(CC(=O)N2CCCCC2)C1=O. The number of ether oxygens (including phenoxy) is 1. The quantitative estimate of drug-likeness (QED) is 0.821. The number of likely N-dealkylation sites (tertiary alicyclic amines) is 1. The van der Waals surface area contributed by atoms with Gasteiger partial charge in [0.05, 0.1) is 5.69 Å². The van der Waals surface area contributed by atoms with Crippen molar-refractivity contribution >= 4 is 29.1 Å². The molecule has 3 aliphatic rings. The molecule has 1 aromatic rings. The van der Waals surface area contributed by atoms with Crippen molar-refractivity contribution in [2.45, 2.75) is 64.4 Å². The van der Waals surface area contributed by atoms with Crippen LogP contribution in [0.1, 0.15) is 58.3 Å². The number of piperidine rings is 1. The summed E-state index contributed by atoms with van der Waals surface area (Å²) in [6.07, 6.45) is 7.74. The van der Waals surface area contributed by atoms with Crippen molar-refractivity contribution in [2.75, 3.05) is 29.9 Å². The molecule has 3 amide bonds. The lowest BCUT2D eigenvalue weighted by Gasteiger charge is -2.35. The molecule has 7 heteroatoms. The molecule has 7 nitrogen and oxygen atoms in total. The normalized spacial score (nSPS) is 22.3. The van der Waals surface area contributed by atoms with Gasteiger partial charge in [0, 0.05) is 24.7 Å². The molecule has 162 valence electrons. The third kappa shape index (κ3) is 4.45. The van der Waals surface area contributed by atoms with Gasteiger partial charge in [-0.05, 0) is 57.2 Å². The molecule has 0 aromatic heterocycles. The molecule has 0 radical (unpaired) electrons. The molecular weight excluding hydrogens is 382 g/mol. The highest BCUT2D eigenvalue weighted by atomic mass is 16.5. The Morgan fingerprint density at radius 2 is 1.77 bits per heavy atom. The molecule has 1 aliphatic carbocycles. The van der Waals surface area contributed by atoms with Crippen molar-refractivity contribution in [3.05, 3.63) is 18.2 Å². The highest BCUT2D eigenvalue weighted by Crippen LogP contribution is 2.37. The van der Waals surface area contributed by atoms with Gasteiger partial charge in [0.25, 0.3) is 5.91 Å². The monoisotopic (exact) mass is 413 g/mol. The van der Waals surface area contributed by atoms with E-state index in [1.54, 1.807) is 25.1 Å². The molecule has 1 aromatic carbocycles. The molecule has 1 atom stereocenters. The van der Waals surface area contributed by atoms with E-state index in [1.165, 1.54) is 11.3 Å². The summed E-state index contributed by atoms with van der Waals surface area (Å²) < 4.78 is 5.75. The number of hydrogen-bond donors (Lipinski definition) is 1. The third-order valence-electron chi connectivity index (χ3n) is 6.41. The fourth-order valence-corrected chi connectivity index (χ4v) is 4.64. The van der Waals surface area contributed by atoms with Crippen LogP contribution in [-0.2, 0) is 14.4 Å². The van der Waals surface area contributed by atoms with Gasteiger partial charge in [0.15, 0.2) is 6.10 Å². The smallest absolute Gasteiger partial charge is 0.268 e. The van der Waals surface area contributed by atoms with E-state index in [2.05, 4.69) is 5.32 Å². The summed E-state index contributed by atoms with van der Waals surface area (Å²) in [6, 6.07) is 5.32. The second-order valence-corrected chi connectivity index (χ2v) is 8.63. The maximum absolute atomic E-state index is 12.8. The summed E-state index contributed by atoms with van der Waals surface area (Å²) in [5.41, 5.74) is 1.18. The van der Waals surface area contributed by atoms with Gasteiger partial charge in [0.1, 0.15) is 12.3 Å². The molecule has 4 rings (SSSR count). The first-order valence-electron chi connectivity index (χ1n) is 11.2. The number of anilines is 2. The molecule has 2 heterocycles. The molecule has 30 heavy (non-hydrogen) atoms. The lowest BCUT2D eigenvalue weighted by Crippen LogP contribution is -2.50. The molecule has 1 unspecified atom stereocenters. The average Bonchev–Trinajstić information content (AvgIpc) is 2.78. The van der Waals surface area contributed by atoms with Gasteiger partial charge < -0.3 is 15.0 Å². The van der Waals surface area contributed by atoms with Crippen LogP contribution >= 0.6 is 0 Å². The minimum atomic E-state index is -0.644. The summed E-state index contributed by atoms with van der Waals surface area (Å²) >= 11 is 0. The Morgan fingerprint density at radius 1 is 1.07 bits per heavy atom. The van der Waals surface area contributed by atoms with Crippen LogP contribution in [0.2, 0.25) is 0 Å². The van der Waals surface area contributed by atoms with E-state index in [0.717, 1.165) is 58.0 Å². The van der Waals surface area contributed by atoms with Gasteiger partial charge in [-0.15, -0.1) is 0 Å². The molecule has 2 aliphatic heterocycles. The molecule has 2 fully saturated rings. The Balaban J connectivity index is 1.52. The standard InChI is InChI=1S/C23H31N3O4/c1-16-23(29)26(15-21(27)25-12-6-3-7-13-25)19-14-18(10-11-20(19)30-16)24-22(28)17-8-4-2-5-9-17/h10-11,14,16-17H,2-9,12-13,15H2,1H3,(H,24,28). The number of nitrogens with zero attached hydrogens (tertiary/aromatic N) is 2. The highest BCUT2D eigenvalue weighted by Gasteiger charge is 2.34. The fraction of sp³-hybridized carbons (Fsp3) is 0.609. The van der Waals surface area contributed by atoms with E-state index in [9.17, 15) is 14.4 Å². The molecule has 0 spiro atoms. The Labute approximate surface area is 177 Å². The van der Waals surface area contributed by atoms with E-state index in [1.807, 2.05) is 4.90 Å². The van der Waals surface area contributed by atoms with E-state index in [0.29, 0.717) is 17.1 Å². The van der Waals surface area contributed by atoms with Crippen LogP contribution in [0.15, 0.2) is 18.2 Å². The van der Waals surface area contributed by atoms with E-state index >= 15 is 0 Å². The number of carbonyl (C=O) groups excluding carboxylic acids is 3. The second kappa shape index (κ2) is 9.06. The van der Waals surface area contributed by atoms with Gasteiger partial charge in [-0.25, -0.2) is 0 Å². The van der Waals surface area contributed by atoms with Crippen molar-refractivity contribution < 1.29 is 19.1 Å². The topological polar surface area (TPSA) is 79.0 Å². The Hall–Kier alpha value is -2.57. The van der Waals surface area contributed by atoms with Crippen molar-refractivity contribution in [1.82, 2.24) is 4.90 Å². The van der Waals surface area contributed by atoms with E-state index < -0.39 is 6.10 Å². The van der Waals surface area contributed by atoms with Crippen molar-refractivity contribution in [2.24, 2.45) is 5.92 Å². The van der Waals surface area contributed by atoms with Crippen LogP contribution in [0, 0.1) is 5.92 Å². The minimum Gasteiger partial charge on any atom is -0.479 e. The second-order valence-electron chi connectivity index (χ2n) is 8.63. The third-order valence-corrected chi connectivity index (χ3v) is 6.41. The number of fused-ring (bicyclic) bond motifs is 1. The average molecular weight is 414 g/mol. The number of carbonyl (C=O) groups is 3. The van der Waals surface area contributed by atoms with Crippen LogP contribution in [0.25, 0.3) is 0 Å². The maximum atomic E-state index is 12.8. The largest absolute Gasteiger partial charge is 0.479 e. The number of rotatable bonds is 4. The molecular formula is C23H31N3O4. The Kier molecular flexibility index (Phi) is 6.25. The zero-order valence-electron chi connectivity index (χ0n) is 17.7. The number of benzene rings is 1. The van der Waals surface area contributed by atoms with E-state index in [4.69, 9.17) is 4.74 Å². The van der Waals surface area contributed by atoms with Gasteiger partial charge >= 0.3 is 0 Å². The molecule has 1 N–H and O–H groups in total. The summed E-state index contributed by atoms with van der Waals surface area (Å²) in [7, 11) is 0. The van der Waals surface area contributed by atoms with Crippen LogP contribution in [-0.4, -0.2) is 48.4 Å². The molecule has 0 bridgehead atoms. The predicted octanol–water partition coefficient (Wildman–Crippen LogP) is 3.33. The predicted molar refractivity (Wildman–Crippen MR) is 115 cm³/mol. The lowest BCUT2D eigenvalue weighted by molar-refractivity contribution is -0.133. The zero-order valence-corrected chi connectivity index (χ0v) is 17.7. The van der Waals surface area contributed by atoms with Crippen LogP contribution < -0.4 is 15.0 Å². The number of amides is 3. The minimum absolute atomic E-state index is 0.000438. The maximum Gasteiger partial charge on any atom is 0.268 e. The fourth-order valence-electron chi connectivity index (χ4n) is 4.64. The van der Waals surface area contributed by atoms with Crippen LogP contribution in [0.5, 0.6) is 5.75 Å². The van der Waals surface area contributed by atoms with Gasteiger partial charge in [0.2, 0.25) is 11.8 Å². The molecule has 1 saturated heterocycles. The van der Waals surface area contributed by atoms with Gasteiger partial charge in [-0.3, -0.25) is 19.3 Å². The molecule has 1 saturated carbocycles. The Morgan fingerprint density at radius 3 is 2.50 bits per heavy atom. The summed E-state index contributed by atoms with van der Waals surface area (Å²) in [5, 5.41) is 3.00.